The van der Waals surface area contributed by atoms with Crippen molar-refractivity contribution in [1.82, 2.24) is 15.3 Å². The number of aromatic nitrogens is 2. The minimum absolute atomic E-state index is 0.0949. The van der Waals surface area contributed by atoms with Gasteiger partial charge >= 0.3 is 0 Å². The predicted molar refractivity (Wildman–Crippen MR) is 103 cm³/mol. The lowest BCUT2D eigenvalue weighted by atomic mass is 10.1. The molecular weight excluding hydrogens is 350 g/mol. The van der Waals surface area contributed by atoms with Gasteiger partial charge in [-0.1, -0.05) is 24.3 Å². The summed E-state index contributed by atoms with van der Waals surface area (Å²) in [6.07, 6.45) is 1.81. The van der Waals surface area contributed by atoms with Crippen molar-refractivity contribution in [2.75, 3.05) is 0 Å². The quantitative estimate of drug-likeness (QED) is 0.572. The highest BCUT2D eigenvalue weighted by molar-refractivity contribution is 7.13. The number of nitrogens with zero attached hydrogens (tertiary/aromatic N) is 2. The lowest BCUT2D eigenvalue weighted by Crippen LogP contribution is -2.22. The lowest BCUT2D eigenvalue weighted by Gasteiger charge is -2.09. The van der Waals surface area contributed by atoms with Crippen molar-refractivity contribution in [3.05, 3.63) is 69.5 Å². The first kappa shape index (κ1) is 15.9. The van der Waals surface area contributed by atoms with Gasteiger partial charge in [0, 0.05) is 16.5 Å². The molecule has 0 aliphatic rings. The summed E-state index contributed by atoms with van der Waals surface area (Å²) in [5.41, 5.74) is 2.30. The Labute approximate surface area is 153 Å². The van der Waals surface area contributed by atoms with Gasteiger partial charge in [0.15, 0.2) is 0 Å². The molecule has 0 radical (unpaired) electrons. The van der Waals surface area contributed by atoms with E-state index in [2.05, 4.69) is 10.3 Å². The van der Waals surface area contributed by atoms with Crippen LogP contribution in [0, 0.1) is 6.92 Å². The summed E-state index contributed by atoms with van der Waals surface area (Å²) in [6.45, 7) is 2.44. The van der Waals surface area contributed by atoms with Crippen LogP contribution < -0.4 is 5.32 Å². The molecule has 1 N–H and O–H groups in total. The zero-order chi connectivity index (χ0) is 17.2. The molecule has 3 aromatic heterocycles. The van der Waals surface area contributed by atoms with E-state index >= 15 is 0 Å². The molecule has 6 heteroatoms. The van der Waals surface area contributed by atoms with Gasteiger partial charge in [-0.05, 0) is 30.5 Å². The average Bonchev–Trinajstić information content (AvgIpc) is 3.30. The largest absolute Gasteiger partial charge is 0.347 e. The molecule has 0 spiro atoms. The second kappa shape index (κ2) is 6.74. The van der Waals surface area contributed by atoms with Gasteiger partial charge in [0.1, 0.15) is 0 Å². The van der Waals surface area contributed by atoms with Crippen molar-refractivity contribution in [2.24, 2.45) is 0 Å². The van der Waals surface area contributed by atoms with Gasteiger partial charge in [-0.3, -0.25) is 4.79 Å². The molecule has 4 nitrogen and oxygen atoms in total. The molecule has 4 aromatic rings. The number of para-hydroxylation sites is 1. The van der Waals surface area contributed by atoms with Crippen LogP contribution >= 0.6 is 22.7 Å². The molecule has 0 aliphatic carbocycles. The fraction of sp³-hybridized carbons (Fsp3) is 0.105. The van der Waals surface area contributed by atoms with Crippen LogP contribution in [0.2, 0.25) is 0 Å². The molecule has 1 aromatic carbocycles. The van der Waals surface area contributed by atoms with E-state index in [1.54, 1.807) is 22.7 Å². The van der Waals surface area contributed by atoms with Crippen molar-refractivity contribution in [1.29, 1.82) is 0 Å². The smallest absolute Gasteiger partial charge is 0.252 e. The van der Waals surface area contributed by atoms with E-state index < -0.39 is 0 Å². The topological polar surface area (TPSA) is 54.9 Å². The highest BCUT2D eigenvalue weighted by Gasteiger charge is 2.14. The maximum absolute atomic E-state index is 12.8. The van der Waals surface area contributed by atoms with Gasteiger partial charge in [0.25, 0.3) is 5.91 Å². The molecule has 0 atom stereocenters. The molecular formula is C19H15N3OS2. The number of hydrogen-bond acceptors (Lipinski definition) is 5. The van der Waals surface area contributed by atoms with Gasteiger partial charge in [-0.2, -0.15) is 0 Å². The summed E-state index contributed by atoms with van der Waals surface area (Å²) < 4.78 is 0. The van der Waals surface area contributed by atoms with Gasteiger partial charge < -0.3 is 5.32 Å². The summed E-state index contributed by atoms with van der Waals surface area (Å²) in [4.78, 5) is 23.8. The minimum atomic E-state index is -0.0949. The standard InChI is InChI=1S/C19H15N3OS2/c1-12-20-10-13(25-12)11-21-19(23)15-9-17(18-7-4-8-24-18)22-16-6-3-2-5-14(15)16/h2-10H,11H2,1H3,(H,21,23). The average molecular weight is 365 g/mol. The van der Waals surface area contributed by atoms with Gasteiger partial charge in [-0.15, -0.1) is 22.7 Å². The van der Waals surface area contributed by atoms with Crippen LogP contribution in [0.3, 0.4) is 0 Å². The molecule has 3 heterocycles. The van der Waals surface area contributed by atoms with Crippen molar-refractivity contribution in [3.8, 4) is 10.6 Å². The van der Waals surface area contributed by atoms with E-state index in [1.807, 2.05) is 61.0 Å². The Balaban J connectivity index is 1.70. The van der Waals surface area contributed by atoms with E-state index in [1.165, 1.54) is 0 Å². The highest BCUT2D eigenvalue weighted by atomic mass is 32.1. The maximum Gasteiger partial charge on any atom is 0.252 e. The van der Waals surface area contributed by atoms with Crippen molar-refractivity contribution in [2.45, 2.75) is 13.5 Å². The minimum Gasteiger partial charge on any atom is -0.347 e. The van der Waals surface area contributed by atoms with Crippen LogP contribution in [0.4, 0.5) is 0 Å². The molecule has 4 rings (SSSR count). The number of rotatable bonds is 4. The van der Waals surface area contributed by atoms with Crippen molar-refractivity contribution < 1.29 is 4.79 Å². The van der Waals surface area contributed by atoms with Crippen LogP contribution in [0.15, 0.2) is 54.0 Å². The second-order valence-corrected chi connectivity index (χ2v) is 7.84. The van der Waals surface area contributed by atoms with Crippen molar-refractivity contribution >= 4 is 39.5 Å². The van der Waals surface area contributed by atoms with Crippen molar-refractivity contribution in [3.63, 3.8) is 0 Å². The van der Waals surface area contributed by atoms with Crippen LogP contribution in [0.25, 0.3) is 21.5 Å². The monoisotopic (exact) mass is 365 g/mol. The maximum atomic E-state index is 12.8. The van der Waals surface area contributed by atoms with E-state index in [4.69, 9.17) is 4.98 Å². The number of nitrogens with one attached hydrogen (secondary N) is 1. The number of carbonyl (C=O) groups is 1. The highest BCUT2D eigenvalue weighted by Crippen LogP contribution is 2.28. The molecule has 124 valence electrons. The second-order valence-electron chi connectivity index (χ2n) is 5.58. The molecule has 1 amide bonds. The van der Waals surface area contributed by atoms with Gasteiger partial charge in [-0.25, -0.2) is 9.97 Å². The third-order valence-corrected chi connectivity index (χ3v) is 5.63. The number of thiophene rings is 1. The Bertz CT molecular complexity index is 1040. The number of aryl methyl sites for hydroxylation is 1. The Morgan fingerprint density at radius 3 is 2.84 bits per heavy atom. The first-order valence-corrected chi connectivity index (χ1v) is 9.53. The fourth-order valence-corrected chi connectivity index (χ4v) is 4.08. The molecule has 0 saturated heterocycles. The molecule has 0 fully saturated rings. The number of benzene rings is 1. The van der Waals surface area contributed by atoms with E-state index in [-0.39, 0.29) is 5.91 Å². The van der Waals surface area contributed by atoms with E-state index in [0.717, 1.165) is 31.4 Å². The summed E-state index contributed by atoms with van der Waals surface area (Å²) >= 11 is 3.21. The summed E-state index contributed by atoms with van der Waals surface area (Å²) in [5, 5.41) is 6.87. The lowest BCUT2D eigenvalue weighted by molar-refractivity contribution is 0.0953. The zero-order valence-electron chi connectivity index (χ0n) is 13.5. The summed E-state index contributed by atoms with van der Waals surface area (Å²) in [7, 11) is 0. The van der Waals surface area contributed by atoms with Gasteiger partial charge in [0.2, 0.25) is 0 Å². The molecule has 0 aliphatic heterocycles. The molecule has 0 saturated carbocycles. The van der Waals surface area contributed by atoms with Crippen LogP contribution in [-0.4, -0.2) is 15.9 Å². The van der Waals surface area contributed by atoms with Crippen LogP contribution in [-0.2, 0) is 6.54 Å². The summed E-state index contributed by atoms with van der Waals surface area (Å²) in [5.74, 6) is -0.0949. The Hall–Kier alpha value is -2.57. The Morgan fingerprint density at radius 1 is 1.20 bits per heavy atom. The Morgan fingerprint density at radius 2 is 2.08 bits per heavy atom. The number of thiazole rings is 1. The number of pyridine rings is 1. The fourth-order valence-electron chi connectivity index (χ4n) is 2.66. The number of hydrogen-bond donors (Lipinski definition) is 1. The number of carbonyl (C=O) groups excluding carboxylic acids is 1. The normalized spacial score (nSPS) is 10.9. The Kier molecular flexibility index (Phi) is 4.29. The first-order chi connectivity index (χ1) is 12.2. The SMILES string of the molecule is Cc1ncc(CNC(=O)c2cc(-c3cccs3)nc3ccccc23)s1. The van der Waals surface area contributed by atoms with Crippen LogP contribution in [0.1, 0.15) is 20.2 Å². The van der Waals surface area contributed by atoms with E-state index in [0.29, 0.717) is 12.1 Å². The van der Waals surface area contributed by atoms with Gasteiger partial charge in [0.05, 0.1) is 33.2 Å². The van der Waals surface area contributed by atoms with E-state index in [9.17, 15) is 4.79 Å². The number of amides is 1. The first-order valence-electron chi connectivity index (χ1n) is 7.84. The molecule has 0 unspecified atom stereocenters. The third-order valence-electron chi connectivity index (χ3n) is 3.83. The zero-order valence-corrected chi connectivity index (χ0v) is 15.2. The number of fused-ring (bicyclic) bond motifs is 1. The predicted octanol–water partition coefficient (Wildman–Crippen LogP) is 4.66. The van der Waals surface area contributed by atoms with Crippen LogP contribution in [0.5, 0.6) is 0 Å². The third kappa shape index (κ3) is 3.31. The molecule has 0 bridgehead atoms. The summed E-state index contributed by atoms with van der Waals surface area (Å²) in [6, 6.07) is 13.6. The molecule has 25 heavy (non-hydrogen) atoms.